The summed E-state index contributed by atoms with van der Waals surface area (Å²) in [6, 6.07) is 9.96. The van der Waals surface area contributed by atoms with Crippen molar-refractivity contribution in [2.75, 3.05) is 0 Å². The van der Waals surface area contributed by atoms with E-state index in [1.165, 1.54) is 24.3 Å². The van der Waals surface area contributed by atoms with Crippen LogP contribution in [0.4, 0.5) is 39.5 Å². The minimum absolute atomic E-state index is 0.0394. The molecule has 226 valence electrons. The number of benzene rings is 3. The van der Waals surface area contributed by atoms with Crippen LogP contribution >= 0.6 is 50.7 Å². The van der Waals surface area contributed by atoms with Crippen molar-refractivity contribution in [1.82, 2.24) is 0 Å². The van der Waals surface area contributed by atoms with Crippen LogP contribution in [-0.2, 0) is 18.5 Å². The first-order valence-electron chi connectivity index (χ1n) is 11.2. The van der Waals surface area contributed by atoms with Gasteiger partial charge in [0.1, 0.15) is 8.07 Å². The SMILES string of the molecule is C#Cc1cc(Cl)ccc1C(F)(F)F.C[Si](C)(C)C#Cc1cc(Cl)ccc1C(F)(F)F.FC(F)(F)c1ccc(Cl)cc1Br. The number of halogens is 13. The van der Waals surface area contributed by atoms with Crippen molar-refractivity contribution in [2.45, 2.75) is 38.2 Å². The van der Waals surface area contributed by atoms with Gasteiger partial charge in [-0.25, -0.2) is 0 Å². The number of hydrogen-bond donors (Lipinski definition) is 0. The molecule has 0 radical (unpaired) electrons. The molecule has 0 saturated heterocycles. The highest BCUT2D eigenvalue weighted by Gasteiger charge is 2.34. The van der Waals surface area contributed by atoms with E-state index in [2.05, 4.69) is 27.4 Å². The Morgan fingerprint density at radius 2 is 0.976 bits per heavy atom. The maximum absolute atomic E-state index is 12.7. The highest BCUT2D eigenvalue weighted by atomic mass is 79.9. The predicted octanol–water partition coefficient (Wildman–Crippen LogP) is 12.0. The highest BCUT2D eigenvalue weighted by Crippen LogP contribution is 2.36. The standard InChI is InChI=1S/C12H12ClF3Si.C9H4ClF3.C7H3BrClF3/c1-17(2,3)7-6-9-8-10(13)4-5-11(9)12(14,15)16;1-2-6-5-7(10)3-4-8(6)9(11,12)13;8-6-3-4(9)1-2-5(6)7(10,11)12/h4-5,8H,1-3H3;1,3-5H;1-3H. The van der Waals surface area contributed by atoms with Gasteiger partial charge in [0.2, 0.25) is 0 Å². The van der Waals surface area contributed by atoms with E-state index in [-0.39, 0.29) is 30.7 Å². The first kappa shape index (κ1) is 37.7. The average molecular weight is 741 g/mol. The molecule has 0 aromatic heterocycles. The number of hydrogen-bond acceptors (Lipinski definition) is 0. The molecule has 0 saturated carbocycles. The molecular weight excluding hydrogens is 722 g/mol. The molecule has 0 spiro atoms. The van der Waals surface area contributed by atoms with Crippen molar-refractivity contribution in [3.05, 3.63) is 102 Å². The second-order valence-corrected chi connectivity index (χ2v) is 16.1. The fourth-order valence-electron chi connectivity index (χ4n) is 2.72. The molecule has 3 rings (SSSR count). The van der Waals surface area contributed by atoms with Crippen LogP contribution in [0.5, 0.6) is 0 Å². The Labute approximate surface area is 261 Å². The van der Waals surface area contributed by atoms with Crippen LogP contribution in [0.25, 0.3) is 0 Å². The Morgan fingerprint density at radius 3 is 1.33 bits per heavy atom. The van der Waals surface area contributed by atoms with E-state index < -0.39 is 43.3 Å². The molecule has 0 atom stereocenters. The van der Waals surface area contributed by atoms with Crippen LogP contribution in [0.3, 0.4) is 0 Å². The van der Waals surface area contributed by atoms with Crippen LogP contribution in [0, 0.1) is 23.8 Å². The van der Waals surface area contributed by atoms with Gasteiger partial charge in [0.05, 0.1) is 16.7 Å². The summed E-state index contributed by atoms with van der Waals surface area (Å²) in [5, 5.41) is 0.730. The highest BCUT2D eigenvalue weighted by molar-refractivity contribution is 9.10. The van der Waals surface area contributed by atoms with Crippen LogP contribution in [0.15, 0.2) is 59.1 Å². The second-order valence-electron chi connectivity index (χ2n) is 9.14. The summed E-state index contributed by atoms with van der Waals surface area (Å²) in [5.41, 5.74) is 0.345. The average Bonchev–Trinajstić information content (AvgIpc) is 2.80. The largest absolute Gasteiger partial charge is 0.417 e. The fourth-order valence-corrected chi connectivity index (χ4v) is 4.49. The molecule has 0 aliphatic rings. The van der Waals surface area contributed by atoms with E-state index >= 15 is 0 Å². The molecule has 0 amide bonds. The van der Waals surface area contributed by atoms with Gasteiger partial charge in [-0.3, -0.25) is 0 Å². The van der Waals surface area contributed by atoms with E-state index in [1.807, 2.05) is 25.6 Å². The molecule has 0 fully saturated rings. The molecule has 0 aliphatic heterocycles. The van der Waals surface area contributed by atoms with Crippen molar-refractivity contribution in [2.24, 2.45) is 0 Å². The predicted molar refractivity (Wildman–Crippen MR) is 155 cm³/mol. The maximum atomic E-state index is 12.7. The Kier molecular flexibility index (Phi) is 13.4. The first-order valence-corrected chi connectivity index (χ1v) is 16.6. The zero-order valence-corrected chi connectivity index (χ0v) is 26.5. The van der Waals surface area contributed by atoms with E-state index in [4.69, 9.17) is 41.2 Å². The first-order chi connectivity index (χ1) is 19.0. The quantitative estimate of drug-likeness (QED) is 0.122. The monoisotopic (exact) mass is 738 g/mol. The molecule has 0 unspecified atom stereocenters. The lowest BCUT2D eigenvalue weighted by molar-refractivity contribution is -0.138. The Balaban J connectivity index is 0.000000321. The van der Waals surface area contributed by atoms with Crippen LogP contribution in [0.1, 0.15) is 27.8 Å². The number of terminal acetylenes is 1. The molecule has 42 heavy (non-hydrogen) atoms. The summed E-state index contributed by atoms with van der Waals surface area (Å²) in [7, 11) is -1.71. The lowest BCUT2D eigenvalue weighted by Crippen LogP contribution is -2.16. The van der Waals surface area contributed by atoms with Crippen LogP contribution in [-0.4, -0.2) is 8.07 Å². The van der Waals surface area contributed by atoms with Crippen molar-refractivity contribution in [1.29, 1.82) is 0 Å². The van der Waals surface area contributed by atoms with Gasteiger partial charge >= 0.3 is 18.5 Å². The summed E-state index contributed by atoms with van der Waals surface area (Å²) in [6.07, 6.45) is -8.24. The van der Waals surface area contributed by atoms with Gasteiger partial charge in [0.25, 0.3) is 0 Å². The topological polar surface area (TPSA) is 0 Å². The summed E-state index contributed by atoms with van der Waals surface area (Å²) in [4.78, 5) is 0. The third-order valence-corrected chi connectivity index (χ3v) is 6.77. The number of rotatable bonds is 0. The summed E-state index contributed by atoms with van der Waals surface area (Å²) >= 11 is 19.4. The van der Waals surface area contributed by atoms with Crippen molar-refractivity contribution in [3.8, 4) is 23.8 Å². The van der Waals surface area contributed by atoms with Gasteiger partial charge in [-0.2, -0.15) is 39.5 Å². The van der Waals surface area contributed by atoms with Gasteiger partial charge in [-0.05, 0) is 54.6 Å². The minimum atomic E-state index is -4.42. The normalized spacial score (nSPS) is 11.6. The van der Waals surface area contributed by atoms with Crippen molar-refractivity contribution in [3.63, 3.8) is 0 Å². The maximum Gasteiger partial charge on any atom is 0.417 e. The van der Waals surface area contributed by atoms with Gasteiger partial charge < -0.3 is 0 Å². The Hall–Kier alpha value is -2.28. The zero-order valence-electron chi connectivity index (χ0n) is 21.7. The van der Waals surface area contributed by atoms with Gasteiger partial charge in [0.15, 0.2) is 0 Å². The van der Waals surface area contributed by atoms with Gasteiger partial charge in [0, 0.05) is 30.7 Å². The molecule has 0 nitrogen and oxygen atoms in total. The lowest BCUT2D eigenvalue weighted by Gasteiger charge is -2.10. The Morgan fingerprint density at radius 1 is 0.619 bits per heavy atom. The summed E-state index contributed by atoms with van der Waals surface area (Å²) < 4.78 is 111. The van der Waals surface area contributed by atoms with E-state index in [1.54, 1.807) is 0 Å². The molecule has 3 aromatic carbocycles. The molecule has 0 aliphatic carbocycles. The minimum Gasteiger partial charge on any atom is -0.166 e. The van der Waals surface area contributed by atoms with E-state index in [0.717, 1.165) is 30.3 Å². The van der Waals surface area contributed by atoms with Gasteiger partial charge in [-0.15, -0.1) is 12.0 Å². The third kappa shape index (κ3) is 12.9. The zero-order chi connectivity index (χ0) is 32.7. The Bertz CT molecular complexity index is 1490. The molecule has 0 heterocycles. The summed E-state index contributed by atoms with van der Waals surface area (Å²) in [5.74, 6) is 4.55. The lowest BCUT2D eigenvalue weighted by atomic mass is 10.1. The molecule has 14 heteroatoms. The van der Waals surface area contributed by atoms with Crippen molar-refractivity contribution >= 4 is 58.8 Å². The third-order valence-electron chi connectivity index (χ3n) is 4.54. The van der Waals surface area contributed by atoms with Gasteiger partial charge in [-0.1, -0.05) is 82.2 Å². The molecule has 0 bridgehead atoms. The molecule has 3 aromatic rings. The van der Waals surface area contributed by atoms with Crippen molar-refractivity contribution < 1.29 is 39.5 Å². The smallest absolute Gasteiger partial charge is 0.166 e. The van der Waals surface area contributed by atoms with E-state index in [0.29, 0.717) is 0 Å². The molecule has 0 N–H and O–H groups in total. The van der Waals surface area contributed by atoms with E-state index in [9.17, 15) is 39.5 Å². The summed E-state index contributed by atoms with van der Waals surface area (Å²) in [6.45, 7) is 5.91. The number of alkyl halides is 9. The fraction of sp³-hybridized carbons (Fsp3) is 0.214. The second kappa shape index (κ2) is 14.9. The van der Waals surface area contributed by atoms with Crippen LogP contribution < -0.4 is 0 Å². The molecular formula is C28H19BrCl3F9Si. The van der Waals surface area contributed by atoms with Crippen LogP contribution in [0.2, 0.25) is 34.7 Å².